The highest BCUT2D eigenvalue weighted by Crippen LogP contribution is 2.29. The molecule has 1 aromatic heterocycles. The molecule has 0 aliphatic heterocycles. The van der Waals surface area contributed by atoms with Crippen LogP contribution in [0.15, 0.2) is 48.5 Å². The summed E-state index contributed by atoms with van der Waals surface area (Å²) in [6.07, 6.45) is 0. The minimum Gasteiger partial charge on any atom is -0.352 e. The molecule has 0 atom stereocenters. The zero-order chi connectivity index (χ0) is 20.1. The van der Waals surface area contributed by atoms with Gasteiger partial charge in [-0.05, 0) is 43.7 Å². The van der Waals surface area contributed by atoms with Crippen LogP contribution in [0.4, 0.5) is 0 Å². The fourth-order valence-corrected chi connectivity index (χ4v) is 3.87. The van der Waals surface area contributed by atoms with E-state index in [-0.39, 0.29) is 11.8 Å². The largest absolute Gasteiger partial charge is 0.352 e. The van der Waals surface area contributed by atoms with Crippen molar-refractivity contribution in [2.75, 3.05) is 6.54 Å². The number of hydrogen-bond acceptors (Lipinski definition) is 4. The number of nitrogens with zero attached hydrogens (tertiary/aromatic N) is 1. The molecule has 0 spiro atoms. The van der Waals surface area contributed by atoms with E-state index >= 15 is 0 Å². The van der Waals surface area contributed by atoms with Crippen LogP contribution >= 0.6 is 22.9 Å². The maximum atomic E-state index is 12.6. The van der Waals surface area contributed by atoms with Crippen LogP contribution < -0.4 is 10.6 Å². The molecule has 3 aromatic rings. The summed E-state index contributed by atoms with van der Waals surface area (Å²) < 4.78 is 0. The number of benzene rings is 2. The molecule has 2 N–H and O–H groups in total. The SMILES string of the molecule is CCNC(=O)c1cccc(CNC(=O)c2sc(-c3cccc(Cl)c3)nc2C)c1. The van der Waals surface area contributed by atoms with Crippen molar-refractivity contribution in [2.45, 2.75) is 20.4 Å². The summed E-state index contributed by atoms with van der Waals surface area (Å²) in [5.41, 5.74) is 2.99. The maximum Gasteiger partial charge on any atom is 0.263 e. The molecule has 7 heteroatoms. The van der Waals surface area contributed by atoms with E-state index in [9.17, 15) is 9.59 Å². The highest BCUT2D eigenvalue weighted by atomic mass is 35.5. The zero-order valence-corrected chi connectivity index (χ0v) is 17.2. The number of rotatable bonds is 6. The molecule has 5 nitrogen and oxygen atoms in total. The van der Waals surface area contributed by atoms with Crippen LogP contribution in [0.25, 0.3) is 10.6 Å². The summed E-state index contributed by atoms with van der Waals surface area (Å²) in [7, 11) is 0. The van der Waals surface area contributed by atoms with Crippen molar-refractivity contribution < 1.29 is 9.59 Å². The lowest BCUT2D eigenvalue weighted by atomic mass is 10.1. The molecule has 0 aliphatic rings. The van der Waals surface area contributed by atoms with Gasteiger partial charge < -0.3 is 10.6 Å². The first-order valence-corrected chi connectivity index (χ1v) is 10.1. The van der Waals surface area contributed by atoms with Crippen molar-refractivity contribution >= 4 is 34.8 Å². The van der Waals surface area contributed by atoms with Crippen LogP contribution in [0.2, 0.25) is 5.02 Å². The van der Waals surface area contributed by atoms with Crippen LogP contribution in [0.5, 0.6) is 0 Å². The number of aryl methyl sites for hydroxylation is 1. The van der Waals surface area contributed by atoms with Gasteiger partial charge in [0.1, 0.15) is 9.88 Å². The van der Waals surface area contributed by atoms with Gasteiger partial charge in [-0.25, -0.2) is 4.98 Å². The molecule has 0 fully saturated rings. The summed E-state index contributed by atoms with van der Waals surface area (Å²) in [5.74, 6) is -0.313. The van der Waals surface area contributed by atoms with Gasteiger partial charge in [-0.3, -0.25) is 9.59 Å². The quantitative estimate of drug-likeness (QED) is 0.627. The number of carbonyl (C=O) groups is 2. The smallest absolute Gasteiger partial charge is 0.263 e. The molecule has 2 aromatic carbocycles. The van der Waals surface area contributed by atoms with E-state index in [4.69, 9.17) is 11.6 Å². The van der Waals surface area contributed by atoms with Crippen LogP contribution in [0.3, 0.4) is 0 Å². The molecule has 0 saturated carbocycles. The molecule has 1 heterocycles. The minimum absolute atomic E-state index is 0.125. The average Bonchev–Trinajstić information content (AvgIpc) is 3.08. The summed E-state index contributed by atoms with van der Waals surface area (Å²) in [5, 5.41) is 7.05. The van der Waals surface area contributed by atoms with Crippen molar-refractivity contribution in [1.29, 1.82) is 0 Å². The van der Waals surface area contributed by atoms with E-state index in [1.807, 2.05) is 38.1 Å². The topological polar surface area (TPSA) is 71.1 Å². The second-order valence-electron chi connectivity index (χ2n) is 6.19. The van der Waals surface area contributed by atoms with E-state index in [1.165, 1.54) is 11.3 Å². The van der Waals surface area contributed by atoms with Gasteiger partial charge in [0.05, 0.1) is 5.69 Å². The number of aromatic nitrogens is 1. The van der Waals surface area contributed by atoms with Crippen LogP contribution in [-0.4, -0.2) is 23.3 Å². The number of hydrogen-bond donors (Lipinski definition) is 2. The van der Waals surface area contributed by atoms with Crippen LogP contribution in [-0.2, 0) is 6.54 Å². The first kappa shape index (κ1) is 20.0. The Morgan fingerprint density at radius 1 is 1.07 bits per heavy atom. The molecule has 0 unspecified atom stereocenters. The van der Waals surface area contributed by atoms with Crippen molar-refractivity contribution in [2.24, 2.45) is 0 Å². The van der Waals surface area contributed by atoms with Gasteiger partial charge in [-0.2, -0.15) is 0 Å². The van der Waals surface area contributed by atoms with Gasteiger partial charge in [0, 0.05) is 29.2 Å². The Bertz CT molecular complexity index is 1020. The third-order valence-corrected chi connectivity index (χ3v) is 5.49. The molecule has 144 valence electrons. The number of amides is 2. The molecule has 28 heavy (non-hydrogen) atoms. The second-order valence-corrected chi connectivity index (χ2v) is 7.62. The van der Waals surface area contributed by atoms with E-state index in [1.54, 1.807) is 24.3 Å². The van der Waals surface area contributed by atoms with Crippen LogP contribution in [0.1, 0.15) is 38.2 Å². The van der Waals surface area contributed by atoms with E-state index in [2.05, 4.69) is 15.6 Å². The van der Waals surface area contributed by atoms with Gasteiger partial charge in [-0.15, -0.1) is 11.3 Å². The lowest BCUT2D eigenvalue weighted by Crippen LogP contribution is -2.24. The number of thiazole rings is 1. The molecule has 0 bridgehead atoms. The lowest BCUT2D eigenvalue weighted by Gasteiger charge is -2.07. The Morgan fingerprint density at radius 3 is 2.61 bits per heavy atom. The summed E-state index contributed by atoms with van der Waals surface area (Å²) in [6.45, 7) is 4.58. The van der Waals surface area contributed by atoms with Crippen molar-refractivity contribution in [3.63, 3.8) is 0 Å². The third kappa shape index (κ3) is 4.77. The monoisotopic (exact) mass is 413 g/mol. The molecule has 0 radical (unpaired) electrons. The second kappa shape index (κ2) is 8.99. The summed E-state index contributed by atoms with van der Waals surface area (Å²) in [4.78, 5) is 29.6. The zero-order valence-electron chi connectivity index (χ0n) is 15.6. The summed E-state index contributed by atoms with van der Waals surface area (Å²) >= 11 is 7.38. The Labute approximate surface area is 172 Å². The first-order valence-electron chi connectivity index (χ1n) is 8.86. The van der Waals surface area contributed by atoms with Crippen molar-refractivity contribution in [1.82, 2.24) is 15.6 Å². The fourth-order valence-electron chi connectivity index (χ4n) is 2.70. The predicted octanol–water partition coefficient (Wildman–Crippen LogP) is 4.45. The Morgan fingerprint density at radius 2 is 1.86 bits per heavy atom. The lowest BCUT2D eigenvalue weighted by molar-refractivity contribution is 0.0949. The summed E-state index contributed by atoms with van der Waals surface area (Å²) in [6, 6.07) is 14.6. The molecular weight excluding hydrogens is 394 g/mol. The average molecular weight is 414 g/mol. The third-order valence-electron chi connectivity index (χ3n) is 4.05. The number of nitrogens with one attached hydrogen (secondary N) is 2. The first-order chi connectivity index (χ1) is 13.5. The van der Waals surface area contributed by atoms with Gasteiger partial charge in [-0.1, -0.05) is 35.9 Å². The minimum atomic E-state index is -0.188. The van der Waals surface area contributed by atoms with E-state index in [0.29, 0.717) is 34.2 Å². The van der Waals surface area contributed by atoms with Crippen molar-refractivity contribution in [3.8, 4) is 10.6 Å². The normalized spacial score (nSPS) is 10.5. The van der Waals surface area contributed by atoms with Gasteiger partial charge in [0.2, 0.25) is 0 Å². The van der Waals surface area contributed by atoms with Gasteiger partial charge >= 0.3 is 0 Å². The Hall–Kier alpha value is -2.70. The van der Waals surface area contributed by atoms with E-state index in [0.717, 1.165) is 16.1 Å². The fraction of sp³-hybridized carbons (Fsp3) is 0.190. The maximum absolute atomic E-state index is 12.6. The molecular formula is C21H20ClN3O2S. The van der Waals surface area contributed by atoms with E-state index < -0.39 is 0 Å². The Kier molecular flexibility index (Phi) is 6.44. The standard InChI is InChI=1S/C21H20ClN3O2S/c1-3-23-19(26)15-7-4-6-14(10-15)12-24-20(27)18-13(2)25-21(28-18)16-8-5-9-17(22)11-16/h4-11H,3,12H2,1-2H3,(H,23,26)(H,24,27). The molecule has 3 rings (SSSR count). The number of carbonyl (C=O) groups excluding carboxylic acids is 2. The van der Waals surface area contributed by atoms with Crippen molar-refractivity contribution in [3.05, 3.63) is 75.3 Å². The molecule has 0 aliphatic carbocycles. The molecule has 2 amide bonds. The Balaban J connectivity index is 1.71. The molecule has 0 saturated heterocycles. The highest BCUT2D eigenvalue weighted by molar-refractivity contribution is 7.17. The highest BCUT2D eigenvalue weighted by Gasteiger charge is 2.16. The predicted molar refractivity (Wildman–Crippen MR) is 113 cm³/mol. The van der Waals surface area contributed by atoms with Crippen LogP contribution in [0, 0.1) is 6.92 Å². The number of halogens is 1. The van der Waals surface area contributed by atoms with Gasteiger partial charge in [0.15, 0.2) is 0 Å². The van der Waals surface area contributed by atoms with Gasteiger partial charge in [0.25, 0.3) is 11.8 Å².